The Morgan fingerprint density at radius 3 is 2.06 bits per heavy atom. The summed E-state index contributed by atoms with van der Waals surface area (Å²) < 4.78 is 9.50. The van der Waals surface area contributed by atoms with E-state index in [9.17, 15) is 9.59 Å². The summed E-state index contributed by atoms with van der Waals surface area (Å²) in [6.45, 7) is 10.00. The lowest BCUT2D eigenvalue weighted by molar-refractivity contribution is 0.0563. The summed E-state index contributed by atoms with van der Waals surface area (Å²) in [4.78, 5) is 22.3. The first-order valence-corrected chi connectivity index (χ1v) is 5.19. The number of rotatable bonds is 1. The Morgan fingerprint density at radius 2 is 1.65 bits per heavy atom. The molecule has 0 radical (unpaired) electrons. The molecule has 0 saturated heterocycles. The van der Waals surface area contributed by atoms with Gasteiger partial charge < -0.3 is 9.47 Å². The maximum atomic E-state index is 11.2. The lowest BCUT2D eigenvalue weighted by Gasteiger charge is -2.19. The Labute approximate surface area is 105 Å². The van der Waals surface area contributed by atoms with Gasteiger partial charge in [0.2, 0.25) is 0 Å². The van der Waals surface area contributed by atoms with Crippen LogP contribution in [0, 0.1) is 0 Å². The number of hydrogen-bond donors (Lipinski definition) is 2. The van der Waals surface area contributed by atoms with Crippen molar-refractivity contribution in [2.24, 2.45) is 0 Å². The van der Waals surface area contributed by atoms with E-state index in [4.69, 9.17) is 17.0 Å². The zero-order valence-corrected chi connectivity index (χ0v) is 11.1. The van der Waals surface area contributed by atoms with Crippen molar-refractivity contribution in [3.05, 3.63) is 12.3 Å². The van der Waals surface area contributed by atoms with Gasteiger partial charge in [0.25, 0.3) is 0 Å². The van der Waals surface area contributed by atoms with Crippen LogP contribution < -0.4 is 10.6 Å². The molecule has 0 rings (SSSR count). The van der Waals surface area contributed by atoms with Crippen LogP contribution in [-0.2, 0) is 9.47 Å². The van der Waals surface area contributed by atoms with Crippen molar-refractivity contribution in [2.75, 3.05) is 0 Å². The fourth-order valence-corrected chi connectivity index (χ4v) is 0.871. The Kier molecular flexibility index (Phi) is 5.60. The van der Waals surface area contributed by atoms with E-state index in [1.165, 1.54) is 6.92 Å². The molecule has 0 heterocycles. The second-order valence-electron chi connectivity index (χ2n) is 4.17. The first-order valence-electron chi connectivity index (χ1n) is 4.78. The highest BCUT2D eigenvalue weighted by Gasteiger charge is 2.17. The molecule has 0 aliphatic carbocycles. The lowest BCUT2D eigenvalue weighted by Crippen LogP contribution is -2.44. The third-order valence-corrected chi connectivity index (χ3v) is 1.30. The number of nitrogens with one attached hydrogen (secondary N) is 2. The Morgan fingerprint density at radius 1 is 1.18 bits per heavy atom. The molecule has 6 nitrogen and oxygen atoms in total. The Balaban J connectivity index is 4.06. The highest BCUT2D eigenvalue weighted by atomic mass is 32.1. The molecule has 0 spiro atoms. The minimum atomic E-state index is -0.821. The number of amides is 2. The van der Waals surface area contributed by atoms with Gasteiger partial charge in [0.05, 0.1) is 5.76 Å². The quantitative estimate of drug-likeness (QED) is 0.557. The van der Waals surface area contributed by atoms with Crippen molar-refractivity contribution >= 4 is 29.5 Å². The van der Waals surface area contributed by atoms with Gasteiger partial charge >= 0.3 is 12.2 Å². The van der Waals surface area contributed by atoms with E-state index in [-0.39, 0.29) is 10.9 Å². The molecule has 96 valence electrons. The number of alkyl carbamates (subject to hydrolysis) is 2. The van der Waals surface area contributed by atoms with Gasteiger partial charge in [-0.25, -0.2) is 9.59 Å². The number of allylic oxidation sites excluding steroid dienone is 1. The molecule has 17 heavy (non-hydrogen) atoms. The number of hydrogen-bond acceptors (Lipinski definition) is 5. The number of carbonyl (C=O) groups excluding carboxylic acids is 2. The third-order valence-electron chi connectivity index (χ3n) is 1.10. The third kappa shape index (κ3) is 9.31. The van der Waals surface area contributed by atoms with Crippen LogP contribution >= 0.6 is 12.2 Å². The van der Waals surface area contributed by atoms with Gasteiger partial charge in [-0.1, -0.05) is 6.58 Å². The van der Waals surface area contributed by atoms with Crippen molar-refractivity contribution in [1.82, 2.24) is 10.6 Å². The number of carbonyl (C=O) groups is 2. The van der Waals surface area contributed by atoms with Crippen molar-refractivity contribution in [2.45, 2.75) is 33.3 Å². The zero-order valence-electron chi connectivity index (χ0n) is 10.2. The summed E-state index contributed by atoms with van der Waals surface area (Å²) in [5.74, 6) is 0.211. The minimum absolute atomic E-state index is 0.203. The molecule has 0 fully saturated rings. The van der Waals surface area contributed by atoms with E-state index in [1.54, 1.807) is 20.8 Å². The fourth-order valence-electron chi connectivity index (χ4n) is 0.704. The smallest absolute Gasteiger partial charge is 0.418 e. The first-order chi connectivity index (χ1) is 7.60. The van der Waals surface area contributed by atoms with Crippen LogP contribution in [0.3, 0.4) is 0 Å². The van der Waals surface area contributed by atoms with Gasteiger partial charge in [-0.2, -0.15) is 0 Å². The predicted octanol–water partition coefficient (Wildman–Crippen LogP) is 2.06. The van der Waals surface area contributed by atoms with Crippen molar-refractivity contribution in [3.63, 3.8) is 0 Å². The first kappa shape index (κ1) is 15.4. The highest BCUT2D eigenvalue weighted by Crippen LogP contribution is 2.06. The van der Waals surface area contributed by atoms with Crippen LogP contribution in [0.2, 0.25) is 0 Å². The molecular weight excluding hydrogens is 244 g/mol. The van der Waals surface area contributed by atoms with Gasteiger partial charge in [0.15, 0.2) is 5.11 Å². The van der Waals surface area contributed by atoms with Crippen LogP contribution in [0.25, 0.3) is 0 Å². The molecule has 0 aliphatic rings. The standard InChI is InChI=1S/C10H16N2O4S/c1-6(2)15-8(13)11-7(17)12-9(14)16-10(3,4)5/h1H2,2-5H3,(H2,11,12,13,14,17). The fraction of sp³-hybridized carbons (Fsp3) is 0.500. The topological polar surface area (TPSA) is 76.7 Å². The van der Waals surface area contributed by atoms with Gasteiger partial charge in [-0.3, -0.25) is 10.6 Å². The van der Waals surface area contributed by atoms with Crippen LogP contribution in [0.1, 0.15) is 27.7 Å². The molecule has 0 saturated carbocycles. The lowest BCUT2D eigenvalue weighted by atomic mass is 10.2. The van der Waals surface area contributed by atoms with Crippen LogP contribution in [0.4, 0.5) is 9.59 Å². The Hall–Kier alpha value is -1.63. The maximum Gasteiger partial charge on any atom is 0.418 e. The van der Waals surface area contributed by atoms with Gasteiger partial charge in [-0.15, -0.1) is 0 Å². The molecule has 2 amide bonds. The maximum absolute atomic E-state index is 11.2. The van der Waals surface area contributed by atoms with Crippen molar-refractivity contribution in [1.29, 1.82) is 0 Å². The van der Waals surface area contributed by atoms with E-state index >= 15 is 0 Å². The molecule has 0 aromatic carbocycles. The molecule has 0 aliphatic heterocycles. The number of thiocarbonyl (C=S) groups is 1. The van der Waals surface area contributed by atoms with E-state index < -0.39 is 17.8 Å². The molecule has 0 bridgehead atoms. The zero-order chi connectivity index (χ0) is 13.6. The monoisotopic (exact) mass is 260 g/mol. The predicted molar refractivity (Wildman–Crippen MR) is 66.4 cm³/mol. The molecule has 0 unspecified atom stereocenters. The second-order valence-corrected chi connectivity index (χ2v) is 4.58. The second kappa shape index (κ2) is 6.19. The number of ether oxygens (including phenoxy) is 2. The average Bonchev–Trinajstić information content (AvgIpc) is 1.95. The van der Waals surface area contributed by atoms with Gasteiger partial charge in [0, 0.05) is 0 Å². The summed E-state index contributed by atoms with van der Waals surface area (Å²) in [6.07, 6.45) is -1.57. The van der Waals surface area contributed by atoms with E-state index in [2.05, 4.69) is 21.9 Å². The molecular formula is C10H16N2O4S. The largest absolute Gasteiger partial charge is 0.444 e. The van der Waals surface area contributed by atoms with Crippen LogP contribution in [0.15, 0.2) is 12.3 Å². The molecule has 0 aromatic heterocycles. The van der Waals surface area contributed by atoms with E-state index in [1.807, 2.05) is 0 Å². The van der Waals surface area contributed by atoms with Crippen molar-refractivity contribution in [3.8, 4) is 0 Å². The van der Waals surface area contributed by atoms with Crippen molar-refractivity contribution < 1.29 is 19.1 Å². The summed E-state index contributed by atoms with van der Waals surface area (Å²) in [5.41, 5.74) is -0.641. The summed E-state index contributed by atoms with van der Waals surface area (Å²) in [5, 5.41) is 4.09. The summed E-state index contributed by atoms with van der Waals surface area (Å²) in [7, 11) is 0. The van der Waals surface area contributed by atoms with E-state index in [0.717, 1.165) is 0 Å². The molecule has 7 heteroatoms. The minimum Gasteiger partial charge on any atom is -0.444 e. The Bertz CT molecular complexity index is 347. The van der Waals surface area contributed by atoms with Crippen LogP contribution in [-0.4, -0.2) is 22.9 Å². The SMILES string of the molecule is C=C(C)OC(=O)NC(=S)NC(=O)OC(C)(C)C. The molecule has 0 atom stereocenters. The molecule has 2 N–H and O–H groups in total. The van der Waals surface area contributed by atoms with E-state index in [0.29, 0.717) is 0 Å². The van der Waals surface area contributed by atoms with Gasteiger partial charge in [-0.05, 0) is 39.9 Å². The summed E-state index contributed by atoms with van der Waals surface area (Å²) >= 11 is 4.69. The highest BCUT2D eigenvalue weighted by molar-refractivity contribution is 7.80. The average molecular weight is 260 g/mol. The normalized spacial score (nSPS) is 10.1. The molecule has 0 aromatic rings. The van der Waals surface area contributed by atoms with Gasteiger partial charge in [0.1, 0.15) is 5.60 Å². The summed E-state index contributed by atoms with van der Waals surface area (Å²) in [6, 6.07) is 0. The van der Waals surface area contributed by atoms with Crippen LogP contribution in [0.5, 0.6) is 0 Å².